The Morgan fingerprint density at radius 1 is 1.20 bits per heavy atom. The van der Waals surface area contributed by atoms with Crippen LogP contribution in [0.3, 0.4) is 0 Å². The Bertz CT molecular complexity index is 632. The van der Waals surface area contributed by atoms with Gasteiger partial charge in [-0.1, -0.05) is 32.9 Å². The van der Waals surface area contributed by atoms with Crippen molar-refractivity contribution in [3.8, 4) is 0 Å². The Balaban J connectivity index is 1.69. The van der Waals surface area contributed by atoms with E-state index >= 15 is 0 Å². The molecule has 1 aliphatic carbocycles. The first-order chi connectivity index (χ1) is 12.0. The third kappa shape index (κ3) is 3.58. The summed E-state index contributed by atoms with van der Waals surface area (Å²) >= 11 is 0. The lowest BCUT2D eigenvalue weighted by Gasteiger charge is -2.37. The molecule has 0 bridgehead atoms. The lowest BCUT2D eigenvalue weighted by Crippen LogP contribution is -2.49. The summed E-state index contributed by atoms with van der Waals surface area (Å²) in [7, 11) is 0. The van der Waals surface area contributed by atoms with E-state index in [4.69, 9.17) is 0 Å². The molecule has 0 aromatic heterocycles. The summed E-state index contributed by atoms with van der Waals surface area (Å²) in [6, 6.07) is 8.25. The summed E-state index contributed by atoms with van der Waals surface area (Å²) in [4.78, 5) is 27.9. The maximum atomic E-state index is 13.1. The zero-order chi connectivity index (χ0) is 18.0. The second-order valence-electron chi connectivity index (χ2n) is 7.87. The number of anilines is 1. The van der Waals surface area contributed by atoms with E-state index in [9.17, 15) is 9.59 Å². The molecule has 136 valence electrons. The van der Waals surface area contributed by atoms with Crippen LogP contribution in [0, 0.1) is 5.41 Å². The number of hydrogen-bond donors (Lipinski definition) is 1. The molecule has 1 aromatic carbocycles. The molecule has 3 rings (SSSR count). The molecule has 1 heterocycles. The molecule has 2 fully saturated rings. The van der Waals surface area contributed by atoms with Crippen LogP contribution < -0.4 is 5.32 Å². The number of amides is 2. The Labute approximate surface area is 151 Å². The molecule has 2 aliphatic rings. The Hall–Kier alpha value is -1.84. The first-order valence-electron chi connectivity index (χ1n) is 9.70. The summed E-state index contributed by atoms with van der Waals surface area (Å²) in [5.41, 5.74) is 1.20. The van der Waals surface area contributed by atoms with Crippen molar-refractivity contribution < 1.29 is 9.59 Å². The second kappa shape index (κ2) is 7.19. The number of piperidine rings is 1. The fourth-order valence-corrected chi connectivity index (χ4v) is 3.83. The smallest absolute Gasteiger partial charge is 0.240 e. The molecule has 1 unspecified atom stereocenters. The highest BCUT2D eigenvalue weighted by Gasteiger charge is 2.58. The van der Waals surface area contributed by atoms with Gasteiger partial charge in [-0.3, -0.25) is 9.59 Å². The molecule has 1 saturated heterocycles. The van der Waals surface area contributed by atoms with Gasteiger partial charge in [-0.15, -0.1) is 0 Å². The predicted molar refractivity (Wildman–Crippen MR) is 100 cm³/mol. The van der Waals surface area contributed by atoms with Gasteiger partial charge in [-0.05, 0) is 62.1 Å². The van der Waals surface area contributed by atoms with E-state index in [2.05, 4.69) is 26.1 Å². The fourth-order valence-electron chi connectivity index (χ4n) is 3.83. The van der Waals surface area contributed by atoms with Crippen LogP contribution in [0.25, 0.3) is 0 Å². The van der Waals surface area contributed by atoms with Gasteiger partial charge in [0.15, 0.2) is 0 Å². The van der Waals surface area contributed by atoms with Crippen LogP contribution in [-0.2, 0) is 9.59 Å². The van der Waals surface area contributed by atoms with Crippen molar-refractivity contribution in [3.05, 3.63) is 29.8 Å². The van der Waals surface area contributed by atoms with Crippen LogP contribution in [0.5, 0.6) is 0 Å². The number of benzene rings is 1. The van der Waals surface area contributed by atoms with Crippen molar-refractivity contribution in [1.82, 2.24) is 4.90 Å². The standard InChI is InChI=1S/C21H30N2O2/c1-4-18-7-5-6-14-23(18)20(25)21(12-13-21)19(24)22-17-10-8-16(9-11-17)15(2)3/h8-11,15,18H,4-7,12-14H2,1-3H3,(H,22,24). The molecule has 4 heteroatoms. The van der Waals surface area contributed by atoms with E-state index in [1.807, 2.05) is 29.2 Å². The first-order valence-corrected chi connectivity index (χ1v) is 9.70. The highest BCUT2D eigenvalue weighted by molar-refractivity contribution is 6.13. The average molecular weight is 342 g/mol. The number of hydrogen-bond acceptors (Lipinski definition) is 2. The summed E-state index contributed by atoms with van der Waals surface area (Å²) < 4.78 is 0. The van der Waals surface area contributed by atoms with E-state index in [1.54, 1.807) is 0 Å². The van der Waals surface area contributed by atoms with Crippen LogP contribution >= 0.6 is 0 Å². The summed E-state index contributed by atoms with van der Waals surface area (Å²) in [5.74, 6) is 0.386. The summed E-state index contributed by atoms with van der Waals surface area (Å²) in [6.07, 6.45) is 5.63. The van der Waals surface area contributed by atoms with Crippen LogP contribution in [0.4, 0.5) is 5.69 Å². The number of carbonyl (C=O) groups excluding carboxylic acids is 2. The Kier molecular flexibility index (Phi) is 5.16. The molecule has 0 spiro atoms. The zero-order valence-corrected chi connectivity index (χ0v) is 15.7. The molecular weight excluding hydrogens is 312 g/mol. The SMILES string of the molecule is CCC1CCCCN1C(=O)C1(C(=O)Nc2ccc(C(C)C)cc2)CC1. The van der Waals surface area contributed by atoms with Crippen LogP contribution in [0.1, 0.15) is 70.8 Å². The lowest BCUT2D eigenvalue weighted by atomic mass is 9.95. The molecule has 25 heavy (non-hydrogen) atoms. The van der Waals surface area contributed by atoms with Gasteiger partial charge in [-0.25, -0.2) is 0 Å². The van der Waals surface area contributed by atoms with Crippen molar-refractivity contribution in [2.75, 3.05) is 11.9 Å². The minimum atomic E-state index is -0.818. The van der Waals surface area contributed by atoms with E-state index < -0.39 is 5.41 Å². The van der Waals surface area contributed by atoms with Crippen LogP contribution in [0.15, 0.2) is 24.3 Å². The largest absolute Gasteiger partial charge is 0.339 e. The molecule has 1 aromatic rings. The van der Waals surface area contributed by atoms with Crippen molar-refractivity contribution in [2.45, 2.75) is 71.3 Å². The number of carbonyl (C=O) groups is 2. The van der Waals surface area contributed by atoms with Gasteiger partial charge in [0.2, 0.25) is 11.8 Å². The number of nitrogens with one attached hydrogen (secondary N) is 1. The van der Waals surface area contributed by atoms with Crippen molar-refractivity contribution in [2.24, 2.45) is 5.41 Å². The third-order valence-electron chi connectivity index (χ3n) is 5.79. The minimum absolute atomic E-state index is 0.0513. The predicted octanol–water partition coefficient (Wildman–Crippen LogP) is 4.32. The maximum Gasteiger partial charge on any atom is 0.240 e. The van der Waals surface area contributed by atoms with Gasteiger partial charge in [0.05, 0.1) is 0 Å². The van der Waals surface area contributed by atoms with E-state index in [0.29, 0.717) is 24.8 Å². The van der Waals surface area contributed by atoms with Gasteiger partial charge in [0.25, 0.3) is 0 Å². The fraction of sp³-hybridized carbons (Fsp3) is 0.619. The van der Waals surface area contributed by atoms with Crippen LogP contribution in [0.2, 0.25) is 0 Å². The highest BCUT2D eigenvalue weighted by Crippen LogP contribution is 2.49. The molecule has 2 amide bonds. The zero-order valence-electron chi connectivity index (χ0n) is 15.7. The van der Waals surface area contributed by atoms with E-state index in [-0.39, 0.29) is 11.8 Å². The number of rotatable bonds is 5. The minimum Gasteiger partial charge on any atom is -0.339 e. The quantitative estimate of drug-likeness (QED) is 0.810. The van der Waals surface area contributed by atoms with Gasteiger partial charge < -0.3 is 10.2 Å². The molecule has 1 saturated carbocycles. The molecular formula is C21H30N2O2. The highest BCUT2D eigenvalue weighted by atomic mass is 16.2. The van der Waals surface area contributed by atoms with Crippen molar-refractivity contribution >= 4 is 17.5 Å². The van der Waals surface area contributed by atoms with Crippen molar-refractivity contribution in [3.63, 3.8) is 0 Å². The monoisotopic (exact) mass is 342 g/mol. The normalized spacial score (nSPS) is 21.9. The summed E-state index contributed by atoms with van der Waals surface area (Å²) in [5, 5.41) is 2.98. The van der Waals surface area contributed by atoms with Crippen molar-refractivity contribution in [1.29, 1.82) is 0 Å². The average Bonchev–Trinajstić information content (AvgIpc) is 3.43. The van der Waals surface area contributed by atoms with Gasteiger partial charge in [0.1, 0.15) is 5.41 Å². The number of nitrogens with zero attached hydrogens (tertiary/aromatic N) is 1. The van der Waals surface area contributed by atoms with E-state index in [1.165, 1.54) is 12.0 Å². The molecule has 1 atom stereocenters. The van der Waals surface area contributed by atoms with Gasteiger partial charge in [-0.2, -0.15) is 0 Å². The molecule has 0 radical (unpaired) electrons. The maximum absolute atomic E-state index is 13.1. The Morgan fingerprint density at radius 2 is 1.88 bits per heavy atom. The van der Waals surface area contributed by atoms with E-state index in [0.717, 1.165) is 31.5 Å². The third-order valence-corrected chi connectivity index (χ3v) is 5.79. The van der Waals surface area contributed by atoms with Gasteiger partial charge in [0, 0.05) is 18.3 Å². The second-order valence-corrected chi connectivity index (χ2v) is 7.87. The lowest BCUT2D eigenvalue weighted by molar-refractivity contribution is -0.145. The molecule has 1 N–H and O–H groups in total. The molecule has 1 aliphatic heterocycles. The summed E-state index contributed by atoms with van der Waals surface area (Å²) in [6.45, 7) is 7.23. The topological polar surface area (TPSA) is 49.4 Å². The molecule has 4 nitrogen and oxygen atoms in total. The van der Waals surface area contributed by atoms with Gasteiger partial charge >= 0.3 is 0 Å². The van der Waals surface area contributed by atoms with Crippen LogP contribution in [-0.4, -0.2) is 29.3 Å². The first kappa shape index (κ1) is 18.0. The number of likely N-dealkylation sites (tertiary alicyclic amines) is 1. The Morgan fingerprint density at radius 3 is 2.44 bits per heavy atom.